The van der Waals surface area contributed by atoms with Crippen LogP contribution in [-0.4, -0.2) is 59.8 Å². The van der Waals surface area contributed by atoms with E-state index in [0.717, 1.165) is 38.3 Å². The molecule has 1 aliphatic heterocycles. The van der Waals surface area contributed by atoms with Crippen LogP contribution < -0.4 is 10.6 Å². The third-order valence-electron chi connectivity index (χ3n) is 5.86. The number of aromatic nitrogens is 1. The maximum absolute atomic E-state index is 12.9. The lowest BCUT2D eigenvalue weighted by Crippen LogP contribution is -2.43. The Hall–Kier alpha value is -3.26. The van der Waals surface area contributed by atoms with E-state index in [4.69, 9.17) is 11.6 Å². The molecule has 0 spiro atoms. The Kier molecular flexibility index (Phi) is 7.57. The number of nitrogens with zero attached hydrogens (tertiary/aromatic N) is 3. The van der Waals surface area contributed by atoms with E-state index in [1.165, 1.54) is 11.8 Å². The number of benzene rings is 2. The molecule has 2 aromatic carbocycles. The van der Waals surface area contributed by atoms with E-state index in [9.17, 15) is 9.59 Å². The molecule has 0 saturated carbocycles. The van der Waals surface area contributed by atoms with Crippen molar-refractivity contribution in [3.05, 3.63) is 88.1 Å². The maximum Gasteiger partial charge on any atom is 0.258 e. The van der Waals surface area contributed by atoms with E-state index in [1.807, 2.05) is 37.3 Å². The number of pyridine rings is 1. The lowest BCUT2D eigenvalue weighted by Gasteiger charge is -2.32. The number of hydrogen-bond acceptors (Lipinski definition) is 5. The molecule has 0 unspecified atom stereocenters. The number of anilines is 2. The molecule has 2 amide bonds. The van der Waals surface area contributed by atoms with Crippen LogP contribution in [0, 0.1) is 6.92 Å². The van der Waals surface area contributed by atoms with Crippen molar-refractivity contribution in [1.29, 1.82) is 0 Å². The number of rotatable bonds is 6. The fraction of sp³-hybridized carbons (Fsp3) is 0.269. The molecule has 0 bridgehead atoms. The number of aryl methyl sites for hydroxylation is 1. The van der Waals surface area contributed by atoms with Gasteiger partial charge >= 0.3 is 0 Å². The second kappa shape index (κ2) is 10.8. The summed E-state index contributed by atoms with van der Waals surface area (Å²) in [5.41, 5.74) is 3.40. The van der Waals surface area contributed by atoms with Gasteiger partial charge in [0.25, 0.3) is 11.8 Å². The average molecular weight is 478 g/mol. The molecular weight excluding hydrogens is 450 g/mol. The smallest absolute Gasteiger partial charge is 0.258 e. The molecular formula is C26H28ClN5O2. The van der Waals surface area contributed by atoms with Gasteiger partial charge in [-0.05, 0) is 55.9 Å². The molecule has 7 nitrogen and oxygen atoms in total. The zero-order valence-electron chi connectivity index (χ0n) is 19.3. The molecule has 176 valence electrons. The highest BCUT2D eigenvalue weighted by molar-refractivity contribution is 6.30. The molecule has 1 aliphatic rings. The summed E-state index contributed by atoms with van der Waals surface area (Å²) in [4.78, 5) is 34.7. The lowest BCUT2D eigenvalue weighted by atomic mass is 10.1. The predicted molar refractivity (Wildman–Crippen MR) is 136 cm³/mol. The zero-order chi connectivity index (χ0) is 24.1. The molecule has 4 rings (SSSR count). The molecule has 1 fully saturated rings. The standard InChI is InChI=1S/C26H28ClN5O2/c1-18-3-9-23(22(15-18)26(34)30-24-10-8-21(27)16-28-24)29-25(33)20-6-4-19(5-7-20)17-32-13-11-31(2)12-14-32/h3-10,15-16H,11-14,17H2,1-2H3,(H,29,33)(H,28,30,34). The number of carbonyl (C=O) groups is 2. The summed E-state index contributed by atoms with van der Waals surface area (Å²) < 4.78 is 0. The first-order valence-electron chi connectivity index (χ1n) is 11.2. The summed E-state index contributed by atoms with van der Waals surface area (Å²) in [6, 6.07) is 16.2. The van der Waals surface area contributed by atoms with Crippen LogP contribution in [0.4, 0.5) is 11.5 Å². The summed E-state index contributed by atoms with van der Waals surface area (Å²) in [7, 11) is 2.14. The van der Waals surface area contributed by atoms with Crippen LogP contribution in [-0.2, 0) is 6.54 Å². The number of hydrogen-bond donors (Lipinski definition) is 2. The second-order valence-corrected chi connectivity index (χ2v) is 9.03. The van der Waals surface area contributed by atoms with Gasteiger partial charge in [0.2, 0.25) is 0 Å². The SMILES string of the molecule is Cc1ccc(NC(=O)c2ccc(CN3CCN(C)CC3)cc2)c(C(=O)Nc2ccc(Cl)cn2)c1. The molecule has 8 heteroatoms. The van der Waals surface area contributed by atoms with Gasteiger partial charge in [0.1, 0.15) is 5.82 Å². The molecule has 1 saturated heterocycles. The number of amides is 2. The van der Waals surface area contributed by atoms with Crippen LogP contribution in [0.3, 0.4) is 0 Å². The van der Waals surface area contributed by atoms with Crippen LogP contribution in [0.2, 0.25) is 5.02 Å². The van der Waals surface area contributed by atoms with E-state index in [1.54, 1.807) is 24.3 Å². The van der Waals surface area contributed by atoms with Gasteiger partial charge in [0, 0.05) is 44.5 Å². The lowest BCUT2D eigenvalue weighted by molar-refractivity contribution is 0.102. The Morgan fingerprint density at radius 3 is 2.35 bits per heavy atom. The molecule has 2 N–H and O–H groups in total. The van der Waals surface area contributed by atoms with Crippen LogP contribution in [0.25, 0.3) is 0 Å². The van der Waals surface area contributed by atoms with E-state index < -0.39 is 0 Å². The molecule has 3 aromatic rings. The van der Waals surface area contributed by atoms with E-state index in [0.29, 0.717) is 27.7 Å². The summed E-state index contributed by atoms with van der Waals surface area (Å²) in [6.45, 7) is 6.99. The normalized spacial score (nSPS) is 14.6. The number of likely N-dealkylation sites (N-methyl/N-ethyl adjacent to an activating group) is 1. The predicted octanol–water partition coefficient (Wildman–Crippen LogP) is 4.30. The van der Waals surface area contributed by atoms with E-state index in [-0.39, 0.29) is 11.8 Å². The average Bonchev–Trinajstić information content (AvgIpc) is 2.83. The van der Waals surface area contributed by atoms with Gasteiger partial charge in [-0.25, -0.2) is 4.98 Å². The number of carbonyl (C=O) groups excluding carboxylic acids is 2. The summed E-state index contributed by atoms with van der Waals surface area (Å²) in [6.07, 6.45) is 1.46. The number of piperazine rings is 1. The van der Waals surface area contributed by atoms with Crippen molar-refractivity contribution in [2.24, 2.45) is 0 Å². The van der Waals surface area contributed by atoms with Gasteiger partial charge in [0.05, 0.1) is 16.3 Å². The van der Waals surface area contributed by atoms with E-state index >= 15 is 0 Å². The molecule has 34 heavy (non-hydrogen) atoms. The van der Waals surface area contributed by atoms with E-state index in [2.05, 4.69) is 32.5 Å². The highest BCUT2D eigenvalue weighted by atomic mass is 35.5. The van der Waals surface area contributed by atoms with Crippen molar-refractivity contribution < 1.29 is 9.59 Å². The molecule has 0 aliphatic carbocycles. The quantitative estimate of drug-likeness (QED) is 0.553. The Bertz CT molecular complexity index is 1160. The minimum Gasteiger partial charge on any atom is -0.321 e. The Morgan fingerprint density at radius 2 is 1.68 bits per heavy atom. The second-order valence-electron chi connectivity index (χ2n) is 8.60. The summed E-state index contributed by atoms with van der Waals surface area (Å²) in [5.74, 6) is -0.255. The van der Waals surface area contributed by atoms with Crippen molar-refractivity contribution >= 4 is 34.9 Å². The highest BCUT2D eigenvalue weighted by Gasteiger charge is 2.17. The summed E-state index contributed by atoms with van der Waals surface area (Å²) in [5, 5.41) is 6.11. The first kappa shape index (κ1) is 23.9. The van der Waals surface area contributed by atoms with Crippen molar-refractivity contribution in [2.45, 2.75) is 13.5 Å². The van der Waals surface area contributed by atoms with Crippen molar-refractivity contribution in [1.82, 2.24) is 14.8 Å². The van der Waals surface area contributed by atoms with Gasteiger partial charge in [-0.3, -0.25) is 14.5 Å². The molecule has 0 radical (unpaired) electrons. The molecule has 2 heterocycles. The minimum absolute atomic E-state index is 0.270. The Labute approximate surface area is 204 Å². The fourth-order valence-corrected chi connectivity index (χ4v) is 3.92. The van der Waals surface area contributed by atoms with Crippen molar-refractivity contribution in [2.75, 3.05) is 43.9 Å². The van der Waals surface area contributed by atoms with Gasteiger partial charge in [0.15, 0.2) is 0 Å². The van der Waals surface area contributed by atoms with Crippen molar-refractivity contribution in [3.63, 3.8) is 0 Å². The molecule has 0 atom stereocenters. The number of halogens is 1. The largest absolute Gasteiger partial charge is 0.321 e. The first-order chi connectivity index (χ1) is 16.4. The highest BCUT2D eigenvalue weighted by Crippen LogP contribution is 2.21. The third-order valence-corrected chi connectivity index (χ3v) is 6.08. The van der Waals surface area contributed by atoms with Crippen LogP contribution in [0.5, 0.6) is 0 Å². The van der Waals surface area contributed by atoms with Gasteiger partial charge < -0.3 is 15.5 Å². The minimum atomic E-state index is -0.364. The Balaban J connectivity index is 1.43. The monoisotopic (exact) mass is 477 g/mol. The van der Waals surface area contributed by atoms with Crippen molar-refractivity contribution in [3.8, 4) is 0 Å². The van der Waals surface area contributed by atoms with Crippen LogP contribution in [0.15, 0.2) is 60.8 Å². The number of nitrogens with one attached hydrogen (secondary N) is 2. The first-order valence-corrected chi connectivity index (χ1v) is 11.6. The van der Waals surface area contributed by atoms with Crippen LogP contribution >= 0.6 is 11.6 Å². The Morgan fingerprint density at radius 1 is 0.941 bits per heavy atom. The van der Waals surface area contributed by atoms with Crippen LogP contribution in [0.1, 0.15) is 31.8 Å². The zero-order valence-corrected chi connectivity index (χ0v) is 20.1. The maximum atomic E-state index is 12.9. The molecule has 1 aromatic heterocycles. The van der Waals surface area contributed by atoms with Gasteiger partial charge in [-0.2, -0.15) is 0 Å². The summed E-state index contributed by atoms with van der Waals surface area (Å²) >= 11 is 5.86. The van der Waals surface area contributed by atoms with Gasteiger partial charge in [-0.1, -0.05) is 35.4 Å². The fourth-order valence-electron chi connectivity index (χ4n) is 3.81. The topological polar surface area (TPSA) is 77.6 Å². The van der Waals surface area contributed by atoms with Gasteiger partial charge in [-0.15, -0.1) is 0 Å². The third kappa shape index (κ3) is 6.20.